The van der Waals surface area contributed by atoms with E-state index in [2.05, 4.69) is 106 Å². The predicted molar refractivity (Wildman–Crippen MR) is 124 cm³/mol. The Hall–Kier alpha value is -2.87. The molecule has 29 heavy (non-hydrogen) atoms. The maximum atomic E-state index is 2.42. The monoisotopic (exact) mass is 381 g/mol. The van der Waals surface area contributed by atoms with Gasteiger partial charge in [-0.05, 0) is 53.5 Å². The van der Waals surface area contributed by atoms with Crippen LogP contribution in [0, 0.1) is 12.3 Å². The van der Waals surface area contributed by atoms with Crippen LogP contribution < -0.4 is 9.47 Å². The highest BCUT2D eigenvalue weighted by molar-refractivity contribution is 6.15. The van der Waals surface area contributed by atoms with Crippen LogP contribution in [0.25, 0.3) is 32.8 Å². The number of anilines is 2. The molecule has 0 bridgehead atoms. The van der Waals surface area contributed by atoms with Gasteiger partial charge < -0.3 is 4.90 Å². The Bertz CT molecular complexity index is 1290. The number of nitrogens with zero attached hydrogens (tertiary/aromatic N) is 2. The smallest absolute Gasteiger partial charge is 0.237 e. The van der Waals surface area contributed by atoms with Crippen LogP contribution in [-0.4, -0.2) is 7.05 Å². The van der Waals surface area contributed by atoms with E-state index >= 15 is 0 Å². The highest BCUT2D eigenvalue weighted by Crippen LogP contribution is 2.49. The molecule has 0 spiro atoms. The largest absolute Gasteiger partial charge is 0.338 e. The van der Waals surface area contributed by atoms with E-state index in [4.69, 9.17) is 0 Å². The SMILES string of the molecule is Cc1ccc2cccc3c2c1-c1c(c2cc(CC(C)(C)C)ccc2c[n+]1C)N3C. The molecule has 0 atom stereocenters. The summed E-state index contributed by atoms with van der Waals surface area (Å²) < 4.78 is 2.31. The van der Waals surface area contributed by atoms with E-state index in [0.29, 0.717) is 0 Å². The summed E-state index contributed by atoms with van der Waals surface area (Å²) in [4.78, 5) is 2.40. The maximum Gasteiger partial charge on any atom is 0.237 e. The van der Waals surface area contributed by atoms with Crippen LogP contribution in [0.4, 0.5) is 11.4 Å². The van der Waals surface area contributed by atoms with Crippen LogP contribution in [0.2, 0.25) is 0 Å². The van der Waals surface area contributed by atoms with Crippen molar-refractivity contribution < 1.29 is 4.57 Å². The summed E-state index contributed by atoms with van der Waals surface area (Å²) in [5, 5.41) is 5.30. The molecule has 1 aliphatic heterocycles. The van der Waals surface area contributed by atoms with Crippen LogP contribution >= 0.6 is 0 Å². The number of pyridine rings is 1. The molecule has 146 valence electrons. The van der Waals surface area contributed by atoms with Crippen LogP contribution in [0.5, 0.6) is 0 Å². The number of benzene rings is 3. The van der Waals surface area contributed by atoms with Crippen molar-refractivity contribution in [1.82, 2.24) is 0 Å². The van der Waals surface area contributed by atoms with Gasteiger partial charge in [0.15, 0.2) is 6.20 Å². The molecule has 1 aromatic heterocycles. The van der Waals surface area contributed by atoms with Gasteiger partial charge >= 0.3 is 0 Å². The second kappa shape index (κ2) is 6.06. The summed E-state index contributed by atoms with van der Waals surface area (Å²) >= 11 is 0. The third kappa shape index (κ3) is 2.73. The van der Waals surface area contributed by atoms with Gasteiger partial charge in [-0.3, -0.25) is 0 Å². The molecule has 0 saturated carbocycles. The minimum absolute atomic E-state index is 0.272. The van der Waals surface area contributed by atoms with Crippen LogP contribution in [0.15, 0.2) is 54.7 Å². The van der Waals surface area contributed by atoms with Gasteiger partial charge in [-0.1, -0.05) is 51.1 Å². The summed E-state index contributed by atoms with van der Waals surface area (Å²) in [6.07, 6.45) is 3.36. The molecule has 2 nitrogen and oxygen atoms in total. The molecule has 4 aromatic rings. The second-order valence-electron chi connectivity index (χ2n) is 9.79. The van der Waals surface area contributed by atoms with E-state index in [-0.39, 0.29) is 5.41 Å². The van der Waals surface area contributed by atoms with Gasteiger partial charge in [0, 0.05) is 28.9 Å². The topological polar surface area (TPSA) is 7.12 Å². The predicted octanol–water partition coefficient (Wildman–Crippen LogP) is 6.46. The van der Waals surface area contributed by atoms with Gasteiger partial charge in [0.2, 0.25) is 5.69 Å². The first-order chi connectivity index (χ1) is 13.7. The molecule has 5 rings (SSSR count). The van der Waals surface area contributed by atoms with E-state index in [1.807, 2.05) is 0 Å². The minimum Gasteiger partial charge on any atom is -0.338 e. The highest BCUT2D eigenvalue weighted by Gasteiger charge is 2.32. The van der Waals surface area contributed by atoms with Crippen LogP contribution in [-0.2, 0) is 13.5 Å². The van der Waals surface area contributed by atoms with E-state index in [0.717, 1.165) is 6.42 Å². The van der Waals surface area contributed by atoms with Crippen molar-refractivity contribution in [3.8, 4) is 11.3 Å². The Kier molecular flexibility index (Phi) is 3.80. The van der Waals surface area contributed by atoms with Crippen molar-refractivity contribution in [2.24, 2.45) is 12.5 Å². The third-order valence-corrected chi connectivity index (χ3v) is 6.18. The zero-order valence-electron chi connectivity index (χ0n) is 18.3. The Balaban J connectivity index is 1.90. The Morgan fingerprint density at radius 2 is 1.72 bits per heavy atom. The zero-order chi connectivity index (χ0) is 20.5. The lowest BCUT2D eigenvalue weighted by molar-refractivity contribution is -0.658. The van der Waals surface area contributed by atoms with E-state index in [1.54, 1.807) is 0 Å². The summed E-state index contributed by atoms with van der Waals surface area (Å²) in [6.45, 7) is 9.17. The maximum absolute atomic E-state index is 2.42. The molecule has 1 aliphatic rings. The molecule has 0 N–H and O–H groups in total. The normalized spacial score (nSPS) is 13.2. The third-order valence-electron chi connectivity index (χ3n) is 6.18. The lowest BCUT2D eigenvalue weighted by Crippen LogP contribution is -2.34. The van der Waals surface area contributed by atoms with Crippen molar-refractivity contribution in [2.45, 2.75) is 34.1 Å². The molecule has 3 aromatic carbocycles. The van der Waals surface area contributed by atoms with Gasteiger partial charge in [0.1, 0.15) is 12.7 Å². The average molecular weight is 382 g/mol. The first-order valence-electron chi connectivity index (χ1n) is 10.5. The highest BCUT2D eigenvalue weighted by atomic mass is 15.1. The lowest BCUT2D eigenvalue weighted by atomic mass is 9.86. The van der Waals surface area contributed by atoms with Gasteiger partial charge in [0.05, 0.1) is 5.56 Å². The number of hydrogen-bond donors (Lipinski definition) is 0. The van der Waals surface area contributed by atoms with Gasteiger partial charge in [-0.25, -0.2) is 0 Å². The van der Waals surface area contributed by atoms with E-state index in [1.165, 1.54) is 55.3 Å². The lowest BCUT2D eigenvalue weighted by Gasteiger charge is -2.30. The van der Waals surface area contributed by atoms with Gasteiger partial charge in [-0.15, -0.1) is 0 Å². The van der Waals surface area contributed by atoms with Crippen LogP contribution in [0.1, 0.15) is 31.9 Å². The fourth-order valence-corrected chi connectivity index (χ4v) is 5.01. The van der Waals surface area contributed by atoms with Gasteiger partial charge in [-0.2, -0.15) is 4.57 Å². The first kappa shape index (κ1) is 18.2. The van der Waals surface area contributed by atoms with Crippen molar-refractivity contribution in [3.63, 3.8) is 0 Å². The van der Waals surface area contributed by atoms with Crippen molar-refractivity contribution in [3.05, 3.63) is 65.9 Å². The number of aromatic nitrogens is 1. The summed E-state index contributed by atoms with van der Waals surface area (Å²) in [5.41, 5.74) is 8.31. The van der Waals surface area contributed by atoms with Crippen molar-refractivity contribution in [2.75, 3.05) is 11.9 Å². The standard InChI is InChI=1S/C27H29N2/c1-17-10-12-19-8-7-9-22-24(19)23(17)26-25(29(22)6)21-14-18(15-27(2,3)4)11-13-20(21)16-28(26)5/h7-14,16H,15H2,1-6H3/q+1. The molecular weight excluding hydrogens is 352 g/mol. The number of rotatable bonds is 1. The number of fused-ring (bicyclic) bond motifs is 4. The number of hydrogen-bond acceptors (Lipinski definition) is 1. The van der Waals surface area contributed by atoms with Crippen molar-refractivity contribution in [1.29, 1.82) is 0 Å². The summed E-state index contributed by atoms with van der Waals surface area (Å²) in [5.74, 6) is 0. The van der Waals surface area contributed by atoms with Gasteiger partial charge in [0.25, 0.3) is 0 Å². The number of aryl methyl sites for hydroxylation is 2. The Labute approximate surface area is 173 Å². The molecular formula is C27H29N2+. The Morgan fingerprint density at radius 3 is 2.48 bits per heavy atom. The van der Waals surface area contributed by atoms with Crippen LogP contribution in [0.3, 0.4) is 0 Å². The molecule has 0 saturated heterocycles. The van der Waals surface area contributed by atoms with E-state index < -0.39 is 0 Å². The molecule has 2 heteroatoms. The molecule has 0 aliphatic carbocycles. The van der Waals surface area contributed by atoms with Crippen molar-refractivity contribution >= 4 is 32.9 Å². The zero-order valence-corrected chi connectivity index (χ0v) is 18.3. The minimum atomic E-state index is 0.272. The fourth-order valence-electron chi connectivity index (χ4n) is 5.01. The molecule has 0 fully saturated rings. The molecule has 0 unspecified atom stereocenters. The molecule has 0 radical (unpaired) electrons. The quantitative estimate of drug-likeness (QED) is 0.343. The summed E-state index contributed by atoms with van der Waals surface area (Å²) in [7, 11) is 4.40. The summed E-state index contributed by atoms with van der Waals surface area (Å²) in [6, 6.07) is 18.2. The fraction of sp³-hybridized carbons (Fsp3) is 0.296. The Morgan fingerprint density at radius 1 is 0.966 bits per heavy atom. The molecule has 0 amide bonds. The first-order valence-corrected chi connectivity index (χ1v) is 10.5. The average Bonchev–Trinajstić information content (AvgIpc) is 2.65. The molecule has 2 heterocycles. The second-order valence-corrected chi connectivity index (χ2v) is 9.79. The van der Waals surface area contributed by atoms with E-state index in [9.17, 15) is 0 Å².